The first-order valence-electron chi connectivity index (χ1n) is 9.41. The molecule has 6 nitrogen and oxygen atoms in total. The van der Waals surface area contributed by atoms with Gasteiger partial charge in [-0.1, -0.05) is 30.8 Å². The van der Waals surface area contributed by atoms with Crippen molar-refractivity contribution in [2.75, 3.05) is 31.9 Å². The Morgan fingerprint density at radius 2 is 2.04 bits per heavy atom. The van der Waals surface area contributed by atoms with E-state index in [0.29, 0.717) is 12.3 Å². The van der Waals surface area contributed by atoms with Crippen molar-refractivity contribution in [3.05, 3.63) is 24.3 Å². The Morgan fingerprint density at radius 1 is 1.26 bits per heavy atom. The SMILES string of the molecule is CCCNC(=O)CN1CCC(NC(=O)CSc2nc3ccccc3s2)CC1. The third-order valence-electron chi connectivity index (χ3n) is 4.49. The molecule has 1 aliphatic rings. The zero-order chi connectivity index (χ0) is 19.1. The second-order valence-corrected chi connectivity index (χ2v) is 8.96. The van der Waals surface area contributed by atoms with Gasteiger partial charge in [-0.3, -0.25) is 14.5 Å². The summed E-state index contributed by atoms with van der Waals surface area (Å²) in [5.41, 5.74) is 0.987. The molecule has 0 aliphatic carbocycles. The van der Waals surface area contributed by atoms with Gasteiger partial charge in [0.05, 0.1) is 22.5 Å². The predicted octanol–water partition coefficient (Wildman–Crippen LogP) is 2.50. The van der Waals surface area contributed by atoms with E-state index in [9.17, 15) is 9.59 Å². The fourth-order valence-corrected chi connectivity index (χ4v) is 4.95. The Balaban J connectivity index is 1.36. The van der Waals surface area contributed by atoms with Crippen molar-refractivity contribution < 1.29 is 9.59 Å². The molecule has 3 rings (SSSR count). The molecule has 0 unspecified atom stereocenters. The molecule has 1 aromatic heterocycles. The number of piperidine rings is 1. The lowest BCUT2D eigenvalue weighted by Gasteiger charge is -2.31. The molecule has 2 aromatic rings. The molecule has 1 aliphatic heterocycles. The molecular weight excluding hydrogens is 380 g/mol. The normalized spacial score (nSPS) is 15.7. The van der Waals surface area contributed by atoms with E-state index in [2.05, 4.69) is 20.5 Å². The van der Waals surface area contributed by atoms with Crippen LogP contribution in [0.4, 0.5) is 0 Å². The number of thioether (sulfide) groups is 1. The minimum Gasteiger partial charge on any atom is -0.355 e. The van der Waals surface area contributed by atoms with Crippen LogP contribution in [0.3, 0.4) is 0 Å². The standard InChI is InChI=1S/C19H26N4O2S2/c1-2-9-20-17(24)12-23-10-7-14(8-11-23)21-18(25)13-26-19-22-15-5-3-4-6-16(15)27-19/h3-6,14H,2,7-13H2,1H3,(H,20,24)(H,21,25). The van der Waals surface area contributed by atoms with Gasteiger partial charge >= 0.3 is 0 Å². The van der Waals surface area contributed by atoms with Gasteiger partial charge < -0.3 is 10.6 Å². The van der Waals surface area contributed by atoms with Gasteiger partial charge in [0.15, 0.2) is 4.34 Å². The maximum Gasteiger partial charge on any atom is 0.234 e. The Morgan fingerprint density at radius 3 is 2.78 bits per heavy atom. The van der Waals surface area contributed by atoms with E-state index in [0.717, 1.165) is 53.5 Å². The van der Waals surface area contributed by atoms with Crippen LogP contribution >= 0.6 is 23.1 Å². The maximum absolute atomic E-state index is 12.2. The first kappa shape index (κ1) is 20.1. The Kier molecular flexibility index (Phi) is 7.49. The Bertz CT molecular complexity index is 739. The number of likely N-dealkylation sites (tertiary alicyclic amines) is 1. The number of nitrogens with one attached hydrogen (secondary N) is 2. The van der Waals surface area contributed by atoms with Crippen LogP contribution in [0, 0.1) is 0 Å². The smallest absolute Gasteiger partial charge is 0.234 e. The predicted molar refractivity (Wildman–Crippen MR) is 111 cm³/mol. The molecule has 1 saturated heterocycles. The van der Waals surface area contributed by atoms with Crippen molar-refractivity contribution in [2.45, 2.75) is 36.6 Å². The quantitative estimate of drug-likeness (QED) is 0.659. The van der Waals surface area contributed by atoms with Gasteiger partial charge in [0.1, 0.15) is 0 Å². The van der Waals surface area contributed by atoms with Crippen LogP contribution < -0.4 is 10.6 Å². The highest BCUT2D eigenvalue weighted by molar-refractivity contribution is 8.01. The number of benzene rings is 1. The summed E-state index contributed by atoms with van der Waals surface area (Å²) >= 11 is 3.12. The second-order valence-electron chi connectivity index (χ2n) is 6.70. The highest BCUT2D eigenvalue weighted by Gasteiger charge is 2.22. The summed E-state index contributed by atoms with van der Waals surface area (Å²) in [6.07, 6.45) is 2.73. The Hall–Kier alpha value is -1.64. The van der Waals surface area contributed by atoms with Gasteiger partial charge in [-0.15, -0.1) is 11.3 Å². The second kappa shape index (κ2) is 10.1. The zero-order valence-electron chi connectivity index (χ0n) is 15.6. The van der Waals surface area contributed by atoms with E-state index in [4.69, 9.17) is 0 Å². The van der Waals surface area contributed by atoms with Crippen LogP contribution in [0.15, 0.2) is 28.6 Å². The summed E-state index contributed by atoms with van der Waals surface area (Å²) in [4.78, 5) is 30.7. The first-order valence-corrected chi connectivity index (χ1v) is 11.2. The number of rotatable bonds is 8. The van der Waals surface area contributed by atoms with E-state index >= 15 is 0 Å². The largest absolute Gasteiger partial charge is 0.355 e. The summed E-state index contributed by atoms with van der Waals surface area (Å²) in [6.45, 7) is 4.92. The molecule has 146 valence electrons. The minimum atomic E-state index is 0.0541. The molecule has 0 saturated carbocycles. The van der Waals surface area contributed by atoms with Crippen LogP contribution in [-0.2, 0) is 9.59 Å². The van der Waals surface area contributed by atoms with Gasteiger partial charge in [-0.05, 0) is 31.4 Å². The highest BCUT2D eigenvalue weighted by atomic mass is 32.2. The van der Waals surface area contributed by atoms with Crippen LogP contribution in [0.2, 0.25) is 0 Å². The lowest BCUT2D eigenvalue weighted by molar-refractivity contribution is -0.123. The lowest BCUT2D eigenvalue weighted by Crippen LogP contribution is -2.47. The number of para-hydroxylation sites is 1. The number of fused-ring (bicyclic) bond motifs is 1. The van der Waals surface area contributed by atoms with Crippen molar-refractivity contribution >= 4 is 45.1 Å². The number of amides is 2. The van der Waals surface area contributed by atoms with Gasteiger partial charge in [0.2, 0.25) is 11.8 Å². The number of carbonyl (C=O) groups is 2. The summed E-state index contributed by atoms with van der Waals surface area (Å²) in [7, 11) is 0. The monoisotopic (exact) mass is 406 g/mol. The topological polar surface area (TPSA) is 74.3 Å². The highest BCUT2D eigenvalue weighted by Crippen LogP contribution is 2.29. The summed E-state index contributed by atoms with van der Waals surface area (Å²) in [6, 6.07) is 8.22. The van der Waals surface area contributed by atoms with E-state index in [1.807, 2.05) is 31.2 Å². The number of hydrogen-bond donors (Lipinski definition) is 2. The summed E-state index contributed by atoms with van der Waals surface area (Å²) < 4.78 is 2.08. The van der Waals surface area contributed by atoms with Crippen LogP contribution in [-0.4, -0.2) is 59.7 Å². The number of carbonyl (C=O) groups excluding carboxylic acids is 2. The third-order valence-corrected chi connectivity index (χ3v) is 6.67. The molecule has 2 heterocycles. The van der Waals surface area contributed by atoms with Gasteiger partial charge in [-0.25, -0.2) is 4.98 Å². The number of aromatic nitrogens is 1. The van der Waals surface area contributed by atoms with Gasteiger partial charge in [0, 0.05) is 25.7 Å². The van der Waals surface area contributed by atoms with Crippen molar-refractivity contribution in [1.29, 1.82) is 0 Å². The fourth-order valence-electron chi connectivity index (χ4n) is 3.07. The van der Waals surface area contributed by atoms with E-state index in [1.54, 1.807) is 11.3 Å². The van der Waals surface area contributed by atoms with E-state index in [1.165, 1.54) is 11.8 Å². The van der Waals surface area contributed by atoms with Crippen LogP contribution in [0.1, 0.15) is 26.2 Å². The molecule has 8 heteroatoms. The van der Waals surface area contributed by atoms with Crippen molar-refractivity contribution in [3.63, 3.8) is 0 Å². The zero-order valence-corrected chi connectivity index (χ0v) is 17.2. The molecule has 1 aromatic carbocycles. The van der Waals surface area contributed by atoms with Crippen LogP contribution in [0.5, 0.6) is 0 Å². The maximum atomic E-state index is 12.2. The fraction of sp³-hybridized carbons (Fsp3) is 0.526. The lowest BCUT2D eigenvalue weighted by atomic mass is 10.1. The molecular formula is C19H26N4O2S2. The van der Waals surface area contributed by atoms with Crippen molar-refractivity contribution in [2.24, 2.45) is 0 Å². The summed E-state index contributed by atoms with van der Waals surface area (Å²) in [5.74, 6) is 0.532. The van der Waals surface area contributed by atoms with Crippen LogP contribution in [0.25, 0.3) is 10.2 Å². The van der Waals surface area contributed by atoms with E-state index in [-0.39, 0.29) is 17.9 Å². The average molecular weight is 407 g/mol. The van der Waals surface area contributed by atoms with Crippen molar-refractivity contribution in [1.82, 2.24) is 20.5 Å². The molecule has 0 bridgehead atoms. The van der Waals surface area contributed by atoms with E-state index < -0.39 is 0 Å². The average Bonchev–Trinajstić information content (AvgIpc) is 3.09. The Labute approximate surface area is 168 Å². The molecule has 27 heavy (non-hydrogen) atoms. The van der Waals surface area contributed by atoms with Gasteiger partial charge in [0.25, 0.3) is 0 Å². The molecule has 0 radical (unpaired) electrons. The molecule has 1 fully saturated rings. The first-order chi connectivity index (χ1) is 13.1. The molecule has 0 atom stereocenters. The summed E-state index contributed by atoms with van der Waals surface area (Å²) in [5, 5.41) is 6.03. The molecule has 2 amide bonds. The number of thiazole rings is 1. The minimum absolute atomic E-state index is 0.0541. The van der Waals surface area contributed by atoms with Gasteiger partial charge in [-0.2, -0.15) is 0 Å². The molecule has 0 spiro atoms. The third kappa shape index (κ3) is 6.19. The van der Waals surface area contributed by atoms with Crippen molar-refractivity contribution in [3.8, 4) is 0 Å². The molecule has 2 N–H and O–H groups in total. The number of hydrogen-bond acceptors (Lipinski definition) is 6. The number of nitrogens with zero attached hydrogens (tertiary/aromatic N) is 2.